The lowest BCUT2D eigenvalue weighted by molar-refractivity contribution is -0.143. The van der Waals surface area contributed by atoms with Crippen LogP contribution in [0.3, 0.4) is 0 Å². The maximum atomic E-state index is 13.0. The van der Waals surface area contributed by atoms with E-state index in [0.717, 1.165) is 0 Å². The molecule has 0 heterocycles. The Hall–Kier alpha value is -4.33. The molecule has 0 unspecified atom stereocenters. The summed E-state index contributed by atoms with van der Waals surface area (Å²) in [4.78, 5) is 37.2. The minimum atomic E-state index is -0.467. The van der Waals surface area contributed by atoms with Crippen molar-refractivity contribution in [1.82, 2.24) is 0 Å². The summed E-state index contributed by atoms with van der Waals surface area (Å²) in [5, 5.41) is 10.5. The first-order chi connectivity index (χ1) is 16.4. The van der Waals surface area contributed by atoms with E-state index in [4.69, 9.17) is 19.9 Å². The van der Waals surface area contributed by atoms with Gasteiger partial charge in [-0.25, -0.2) is 0 Å². The molecule has 0 saturated heterocycles. The predicted molar refractivity (Wildman–Crippen MR) is 124 cm³/mol. The van der Waals surface area contributed by atoms with Crippen molar-refractivity contribution >= 4 is 23.2 Å². The molecule has 8 heteroatoms. The molecule has 3 aromatic carbocycles. The van der Waals surface area contributed by atoms with Crippen LogP contribution in [0.4, 0.5) is 5.69 Å². The lowest BCUT2D eigenvalue weighted by Crippen LogP contribution is -2.22. The number of hydrogen-bond donors (Lipinski definition) is 2. The van der Waals surface area contributed by atoms with Crippen molar-refractivity contribution in [3.8, 4) is 23.0 Å². The number of fused-ring (bicyclic) bond motifs is 2. The zero-order valence-corrected chi connectivity index (χ0v) is 18.5. The Balaban J connectivity index is 1.49. The average Bonchev–Trinajstić information content (AvgIpc) is 2.83. The number of aromatic hydroxyl groups is 1. The summed E-state index contributed by atoms with van der Waals surface area (Å²) in [6.45, 7) is 2.46. The predicted octanol–water partition coefficient (Wildman–Crippen LogP) is 4.26. The molecule has 0 aromatic heterocycles. The van der Waals surface area contributed by atoms with Crippen molar-refractivity contribution in [3.63, 3.8) is 0 Å². The summed E-state index contributed by atoms with van der Waals surface area (Å²) in [6, 6.07) is 14.3. The summed E-state index contributed by atoms with van der Waals surface area (Å²) in [5.41, 5.74) is 6.45. The van der Waals surface area contributed by atoms with Crippen LogP contribution in [0.2, 0.25) is 0 Å². The second-order valence-electron chi connectivity index (χ2n) is 7.59. The number of ether oxygens (including phenoxy) is 3. The quantitative estimate of drug-likeness (QED) is 0.173. The fraction of sp³-hybridized carbons (Fsp3) is 0.192. The van der Waals surface area contributed by atoms with E-state index in [0.29, 0.717) is 31.1 Å². The van der Waals surface area contributed by atoms with Gasteiger partial charge < -0.3 is 25.1 Å². The maximum Gasteiger partial charge on any atom is 0.305 e. The summed E-state index contributed by atoms with van der Waals surface area (Å²) in [5.74, 6) is -0.534. The van der Waals surface area contributed by atoms with Crippen LogP contribution in [0.15, 0.2) is 54.6 Å². The molecule has 0 atom stereocenters. The SMILES string of the molecule is CCOC(=O)CCCOc1ccc(Oc2cc(O)c3c(c2N)C(=O)c2ccccc2C3=O)cc1. The van der Waals surface area contributed by atoms with E-state index in [9.17, 15) is 19.5 Å². The smallest absolute Gasteiger partial charge is 0.305 e. The van der Waals surface area contributed by atoms with Crippen LogP contribution in [-0.4, -0.2) is 35.9 Å². The van der Waals surface area contributed by atoms with Gasteiger partial charge in [0.05, 0.1) is 30.0 Å². The molecule has 8 nitrogen and oxygen atoms in total. The topological polar surface area (TPSA) is 125 Å². The Morgan fingerprint density at radius 2 is 1.56 bits per heavy atom. The number of ketones is 2. The third-order valence-corrected chi connectivity index (χ3v) is 5.33. The fourth-order valence-corrected chi connectivity index (χ4v) is 3.73. The van der Waals surface area contributed by atoms with Crippen LogP contribution in [0, 0.1) is 0 Å². The molecule has 174 valence electrons. The summed E-state index contributed by atoms with van der Waals surface area (Å²) >= 11 is 0. The van der Waals surface area contributed by atoms with Crippen LogP contribution < -0.4 is 15.2 Å². The van der Waals surface area contributed by atoms with Gasteiger partial charge in [0.2, 0.25) is 0 Å². The van der Waals surface area contributed by atoms with E-state index in [2.05, 4.69) is 0 Å². The molecule has 34 heavy (non-hydrogen) atoms. The number of carbonyl (C=O) groups excluding carboxylic acids is 3. The molecule has 3 N–H and O–H groups in total. The van der Waals surface area contributed by atoms with Gasteiger partial charge in [0.1, 0.15) is 17.2 Å². The Labute approximate surface area is 195 Å². The molecule has 4 rings (SSSR count). The molecule has 0 radical (unpaired) electrons. The lowest BCUT2D eigenvalue weighted by atomic mass is 9.82. The van der Waals surface area contributed by atoms with Crippen molar-refractivity contribution in [3.05, 3.63) is 76.9 Å². The monoisotopic (exact) mass is 461 g/mol. The van der Waals surface area contributed by atoms with Gasteiger partial charge in [0.25, 0.3) is 0 Å². The van der Waals surface area contributed by atoms with E-state index >= 15 is 0 Å². The normalized spacial score (nSPS) is 12.0. The molecule has 1 aliphatic rings. The van der Waals surface area contributed by atoms with Crippen LogP contribution in [-0.2, 0) is 9.53 Å². The van der Waals surface area contributed by atoms with E-state index < -0.39 is 11.6 Å². The van der Waals surface area contributed by atoms with Gasteiger partial charge >= 0.3 is 5.97 Å². The number of hydrogen-bond acceptors (Lipinski definition) is 8. The van der Waals surface area contributed by atoms with Gasteiger partial charge in [-0.05, 0) is 37.6 Å². The maximum absolute atomic E-state index is 13.0. The first kappa shape index (κ1) is 22.8. The average molecular weight is 461 g/mol. The van der Waals surface area contributed by atoms with Gasteiger partial charge in [0.15, 0.2) is 17.3 Å². The van der Waals surface area contributed by atoms with Gasteiger partial charge in [-0.1, -0.05) is 24.3 Å². The molecule has 0 bridgehead atoms. The second kappa shape index (κ2) is 9.66. The third-order valence-electron chi connectivity index (χ3n) is 5.33. The molecular weight excluding hydrogens is 438 g/mol. The Morgan fingerprint density at radius 1 is 0.941 bits per heavy atom. The molecular formula is C26H23NO7. The van der Waals surface area contributed by atoms with Gasteiger partial charge in [-0.3, -0.25) is 14.4 Å². The van der Waals surface area contributed by atoms with E-state index in [1.165, 1.54) is 6.07 Å². The Morgan fingerprint density at radius 3 is 2.21 bits per heavy atom. The van der Waals surface area contributed by atoms with Gasteiger partial charge in [0, 0.05) is 23.6 Å². The van der Waals surface area contributed by atoms with Gasteiger partial charge in [-0.2, -0.15) is 0 Å². The van der Waals surface area contributed by atoms with Crippen LogP contribution >= 0.6 is 0 Å². The highest BCUT2D eigenvalue weighted by molar-refractivity contribution is 6.31. The van der Waals surface area contributed by atoms with Crippen molar-refractivity contribution in [2.45, 2.75) is 19.8 Å². The molecule has 0 saturated carbocycles. The fourth-order valence-electron chi connectivity index (χ4n) is 3.73. The third kappa shape index (κ3) is 4.43. The highest BCUT2D eigenvalue weighted by Gasteiger charge is 2.35. The number of benzene rings is 3. The van der Waals surface area contributed by atoms with Crippen molar-refractivity contribution in [2.75, 3.05) is 18.9 Å². The lowest BCUT2D eigenvalue weighted by Gasteiger charge is -2.21. The van der Waals surface area contributed by atoms with Gasteiger partial charge in [-0.15, -0.1) is 0 Å². The first-order valence-electron chi connectivity index (χ1n) is 10.8. The molecule has 0 fully saturated rings. The number of carbonyl (C=O) groups is 3. The van der Waals surface area contributed by atoms with E-state index in [-0.39, 0.29) is 51.8 Å². The van der Waals surface area contributed by atoms with E-state index in [1.807, 2.05) is 0 Å². The summed E-state index contributed by atoms with van der Waals surface area (Å²) in [7, 11) is 0. The van der Waals surface area contributed by atoms with Crippen LogP contribution in [0.5, 0.6) is 23.0 Å². The first-order valence-corrected chi connectivity index (χ1v) is 10.8. The van der Waals surface area contributed by atoms with Crippen LogP contribution in [0.1, 0.15) is 51.6 Å². The molecule has 3 aromatic rings. The van der Waals surface area contributed by atoms with Crippen molar-refractivity contribution < 1.29 is 33.7 Å². The molecule has 1 aliphatic carbocycles. The largest absolute Gasteiger partial charge is 0.507 e. The highest BCUT2D eigenvalue weighted by Crippen LogP contribution is 2.42. The number of nitrogens with two attached hydrogens (primary N) is 1. The zero-order valence-electron chi connectivity index (χ0n) is 18.5. The minimum absolute atomic E-state index is 0.0278. The van der Waals surface area contributed by atoms with E-state index in [1.54, 1.807) is 55.5 Å². The Bertz CT molecular complexity index is 1260. The number of phenolic OH excluding ortho intramolecular Hbond substituents is 1. The number of anilines is 1. The second-order valence-corrected chi connectivity index (χ2v) is 7.59. The zero-order chi connectivity index (χ0) is 24.2. The standard InChI is InChI=1S/C26H23NO7/c1-2-32-21(29)8-5-13-33-15-9-11-16(12-10-15)34-20-14-19(28)22-23(24(20)27)26(31)18-7-4-3-6-17(18)25(22)30/h3-4,6-7,9-12,14,28H,2,5,8,13,27H2,1H3. The number of rotatable bonds is 8. The summed E-state index contributed by atoms with van der Waals surface area (Å²) in [6.07, 6.45) is 0.805. The number of nitrogen functional groups attached to an aromatic ring is 1. The Kier molecular flexibility index (Phi) is 6.49. The number of esters is 1. The molecule has 0 aliphatic heterocycles. The number of phenols is 1. The highest BCUT2D eigenvalue weighted by atomic mass is 16.5. The molecule has 0 amide bonds. The van der Waals surface area contributed by atoms with Crippen molar-refractivity contribution in [2.24, 2.45) is 0 Å². The summed E-state index contributed by atoms with van der Waals surface area (Å²) < 4.78 is 16.3. The molecule has 0 spiro atoms. The minimum Gasteiger partial charge on any atom is -0.507 e. The van der Waals surface area contributed by atoms with Crippen LogP contribution in [0.25, 0.3) is 0 Å². The van der Waals surface area contributed by atoms with Crippen molar-refractivity contribution in [1.29, 1.82) is 0 Å².